The summed E-state index contributed by atoms with van der Waals surface area (Å²) in [4.78, 5) is 4.43. The first kappa shape index (κ1) is 14.7. The van der Waals surface area contributed by atoms with Crippen LogP contribution in [0.25, 0.3) is 0 Å². The van der Waals surface area contributed by atoms with E-state index in [1.807, 2.05) is 6.20 Å². The van der Waals surface area contributed by atoms with E-state index in [0.29, 0.717) is 23.2 Å². The van der Waals surface area contributed by atoms with Gasteiger partial charge in [-0.05, 0) is 37.6 Å². The largest absolute Gasteiger partial charge is 0.329 e. The molecule has 1 fully saturated rings. The van der Waals surface area contributed by atoms with Crippen LogP contribution >= 0.6 is 11.3 Å². The molecule has 1 aliphatic rings. The van der Waals surface area contributed by atoms with E-state index in [1.165, 1.54) is 30.6 Å². The second-order valence-corrected chi connectivity index (χ2v) is 8.29. The predicted molar refractivity (Wildman–Crippen MR) is 83.1 cm³/mol. The maximum atomic E-state index is 12.0. The first-order chi connectivity index (χ1) is 10.1. The smallest absolute Gasteiger partial charge is 0.250 e. The highest BCUT2D eigenvalue weighted by Gasteiger charge is 2.23. The maximum absolute atomic E-state index is 12.0. The van der Waals surface area contributed by atoms with Gasteiger partial charge in [0.05, 0.1) is 0 Å². The molecule has 7 heteroatoms. The third-order valence-corrected chi connectivity index (χ3v) is 6.76. The summed E-state index contributed by atoms with van der Waals surface area (Å²) in [7, 11) is -3.37. The Morgan fingerprint density at radius 3 is 2.90 bits per heavy atom. The van der Waals surface area contributed by atoms with Gasteiger partial charge in [-0.3, -0.25) is 0 Å². The number of nitrogens with one attached hydrogen (secondary N) is 1. The zero-order chi connectivity index (χ0) is 14.9. The number of hydrogen-bond acceptors (Lipinski definition) is 4. The monoisotopic (exact) mass is 325 g/mol. The van der Waals surface area contributed by atoms with E-state index in [9.17, 15) is 8.42 Å². The third-order valence-electron chi connectivity index (χ3n) is 3.90. The van der Waals surface area contributed by atoms with Crippen molar-refractivity contribution >= 4 is 21.4 Å². The molecule has 0 radical (unpaired) electrons. The number of aromatic nitrogens is 2. The first-order valence-corrected chi connectivity index (χ1v) is 9.50. The summed E-state index contributed by atoms with van der Waals surface area (Å²) in [6.45, 7) is 2.44. The standard InChI is InChI=1S/C14H19N3O2S2/c1-11-10-15-13(17(11)12-4-2-5-12)7-8-16-21(18,19)14-6-3-9-20-14/h3,6,9-10,12,16H,2,4-5,7-8H2,1H3. The van der Waals surface area contributed by atoms with Gasteiger partial charge in [-0.25, -0.2) is 18.1 Å². The summed E-state index contributed by atoms with van der Waals surface area (Å²) >= 11 is 1.23. The van der Waals surface area contributed by atoms with Gasteiger partial charge < -0.3 is 4.57 Å². The number of thiophene rings is 1. The Hall–Kier alpha value is -1.18. The van der Waals surface area contributed by atoms with Crippen LogP contribution in [-0.4, -0.2) is 24.5 Å². The molecule has 0 amide bonds. The fourth-order valence-electron chi connectivity index (χ4n) is 2.61. The van der Waals surface area contributed by atoms with Crippen molar-refractivity contribution in [1.82, 2.24) is 14.3 Å². The van der Waals surface area contributed by atoms with Crippen LogP contribution in [-0.2, 0) is 16.4 Å². The summed E-state index contributed by atoms with van der Waals surface area (Å²) in [5, 5.41) is 1.77. The Balaban J connectivity index is 1.64. The highest BCUT2D eigenvalue weighted by molar-refractivity contribution is 7.91. The molecule has 0 unspecified atom stereocenters. The van der Waals surface area contributed by atoms with E-state index >= 15 is 0 Å². The average molecular weight is 325 g/mol. The van der Waals surface area contributed by atoms with Gasteiger partial charge in [0.1, 0.15) is 10.0 Å². The molecule has 0 aliphatic heterocycles. The minimum absolute atomic E-state index is 0.362. The molecule has 3 rings (SSSR count). The van der Waals surface area contributed by atoms with Crippen molar-refractivity contribution in [2.75, 3.05) is 6.54 Å². The highest BCUT2D eigenvalue weighted by Crippen LogP contribution is 2.33. The van der Waals surface area contributed by atoms with Crippen molar-refractivity contribution in [2.24, 2.45) is 0 Å². The van der Waals surface area contributed by atoms with Gasteiger partial charge in [-0.2, -0.15) is 0 Å². The second kappa shape index (κ2) is 5.90. The number of hydrogen-bond donors (Lipinski definition) is 1. The van der Waals surface area contributed by atoms with Gasteiger partial charge in [0.15, 0.2) is 0 Å². The third kappa shape index (κ3) is 3.04. The van der Waals surface area contributed by atoms with E-state index < -0.39 is 10.0 Å². The van der Waals surface area contributed by atoms with Gasteiger partial charge in [-0.1, -0.05) is 6.07 Å². The molecule has 21 heavy (non-hydrogen) atoms. The molecule has 0 spiro atoms. The highest BCUT2D eigenvalue weighted by atomic mass is 32.2. The van der Waals surface area contributed by atoms with Crippen molar-refractivity contribution in [1.29, 1.82) is 0 Å². The molecule has 1 N–H and O–H groups in total. The Bertz CT molecular complexity index is 701. The zero-order valence-corrected chi connectivity index (χ0v) is 13.6. The van der Waals surface area contributed by atoms with Crippen molar-refractivity contribution < 1.29 is 8.42 Å². The van der Waals surface area contributed by atoms with Crippen molar-refractivity contribution in [3.8, 4) is 0 Å². The summed E-state index contributed by atoms with van der Waals surface area (Å²) in [6.07, 6.45) is 6.17. The van der Waals surface area contributed by atoms with Crippen molar-refractivity contribution in [2.45, 2.75) is 42.9 Å². The van der Waals surface area contributed by atoms with E-state index in [2.05, 4.69) is 21.2 Å². The van der Waals surface area contributed by atoms with Crippen LogP contribution in [0.3, 0.4) is 0 Å². The average Bonchev–Trinajstić information content (AvgIpc) is 3.01. The summed E-state index contributed by atoms with van der Waals surface area (Å²) in [5.41, 5.74) is 1.16. The van der Waals surface area contributed by atoms with E-state index in [4.69, 9.17) is 0 Å². The molecule has 0 saturated heterocycles. The lowest BCUT2D eigenvalue weighted by molar-refractivity contribution is 0.302. The molecule has 0 aromatic carbocycles. The Morgan fingerprint density at radius 1 is 1.48 bits per heavy atom. The lowest BCUT2D eigenvalue weighted by atomic mass is 9.92. The normalized spacial score (nSPS) is 16.0. The second-order valence-electron chi connectivity index (χ2n) is 5.35. The number of aryl methyl sites for hydroxylation is 1. The number of sulfonamides is 1. The molecule has 2 heterocycles. The van der Waals surface area contributed by atoms with Gasteiger partial charge in [0.2, 0.25) is 10.0 Å². The van der Waals surface area contributed by atoms with Crippen molar-refractivity contribution in [3.63, 3.8) is 0 Å². The van der Waals surface area contributed by atoms with E-state index in [0.717, 1.165) is 11.5 Å². The lowest BCUT2D eigenvalue weighted by Gasteiger charge is -2.29. The van der Waals surface area contributed by atoms with E-state index in [-0.39, 0.29) is 0 Å². The minimum atomic E-state index is -3.37. The minimum Gasteiger partial charge on any atom is -0.329 e. The molecule has 1 aliphatic carbocycles. The molecule has 2 aromatic heterocycles. The topological polar surface area (TPSA) is 64.0 Å². The van der Waals surface area contributed by atoms with Crippen LogP contribution in [0, 0.1) is 6.92 Å². The van der Waals surface area contributed by atoms with Crippen LogP contribution in [0.15, 0.2) is 27.9 Å². The summed E-state index contributed by atoms with van der Waals surface area (Å²) in [5.74, 6) is 0.978. The molecule has 1 saturated carbocycles. The van der Waals surface area contributed by atoms with Crippen LogP contribution in [0.4, 0.5) is 0 Å². The predicted octanol–water partition coefficient (Wildman–Crippen LogP) is 2.50. The van der Waals surface area contributed by atoms with Crippen LogP contribution in [0.2, 0.25) is 0 Å². The molecule has 0 atom stereocenters. The molecule has 0 bridgehead atoms. The molecule has 5 nitrogen and oxygen atoms in total. The SMILES string of the molecule is Cc1cnc(CCNS(=O)(=O)c2cccs2)n1C1CCC1. The molecule has 114 valence electrons. The molecular weight excluding hydrogens is 306 g/mol. The van der Waals surface area contributed by atoms with Gasteiger partial charge >= 0.3 is 0 Å². The Morgan fingerprint density at radius 2 is 2.29 bits per heavy atom. The Labute approximate surface area is 129 Å². The van der Waals surface area contributed by atoms with E-state index in [1.54, 1.807) is 17.5 Å². The summed E-state index contributed by atoms with van der Waals surface area (Å²) < 4.78 is 29.4. The molecular formula is C14H19N3O2S2. The fourth-order valence-corrected chi connectivity index (χ4v) is 4.68. The van der Waals surface area contributed by atoms with Crippen LogP contribution in [0.5, 0.6) is 0 Å². The molecule has 2 aromatic rings. The Kier molecular flexibility index (Phi) is 4.14. The van der Waals surface area contributed by atoms with Gasteiger partial charge in [0, 0.05) is 30.9 Å². The van der Waals surface area contributed by atoms with Crippen molar-refractivity contribution in [3.05, 3.63) is 35.2 Å². The number of nitrogens with zero attached hydrogens (tertiary/aromatic N) is 2. The first-order valence-electron chi connectivity index (χ1n) is 7.14. The number of rotatable bonds is 6. The lowest BCUT2D eigenvalue weighted by Crippen LogP contribution is -2.27. The van der Waals surface area contributed by atoms with Gasteiger partial charge in [0.25, 0.3) is 0 Å². The quantitative estimate of drug-likeness (QED) is 0.887. The number of imidazole rings is 1. The fraction of sp³-hybridized carbons (Fsp3) is 0.500. The van der Waals surface area contributed by atoms with Gasteiger partial charge in [-0.15, -0.1) is 11.3 Å². The zero-order valence-electron chi connectivity index (χ0n) is 11.9. The maximum Gasteiger partial charge on any atom is 0.250 e. The van der Waals surface area contributed by atoms with Crippen LogP contribution in [0.1, 0.15) is 36.8 Å². The van der Waals surface area contributed by atoms with Crippen LogP contribution < -0.4 is 4.72 Å². The summed E-state index contributed by atoms with van der Waals surface area (Å²) in [6, 6.07) is 3.91.